The molecule has 1 atom stereocenters. The summed E-state index contributed by atoms with van der Waals surface area (Å²) in [5.41, 5.74) is 1.57. The van der Waals surface area contributed by atoms with Crippen molar-refractivity contribution in [2.45, 2.75) is 136 Å². The number of hydrogen-bond acceptors (Lipinski definition) is 0. The first-order valence-corrected chi connectivity index (χ1v) is 11.4. The van der Waals surface area contributed by atoms with Gasteiger partial charge in [-0.25, -0.2) is 0 Å². The molecule has 0 aromatic rings. The van der Waals surface area contributed by atoms with Gasteiger partial charge in [-0.15, -0.1) is 0 Å². The highest BCUT2D eigenvalue weighted by Gasteiger charge is 2.11. The smallest absolute Gasteiger partial charge is 0.0206 e. The monoisotopic (exact) mass is 336 g/mol. The van der Waals surface area contributed by atoms with Crippen LogP contribution in [0.4, 0.5) is 0 Å². The lowest BCUT2D eigenvalue weighted by Gasteiger charge is -2.19. The van der Waals surface area contributed by atoms with E-state index in [1.165, 1.54) is 116 Å². The molecule has 0 saturated heterocycles. The fourth-order valence-corrected chi connectivity index (χ4v) is 3.69. The molecule has 144 valence electrons. The van der Waals surface area contributed by atoms with Crippen molar-refractivity contribution >= 4 is 0 Å². The molecule has 0 heterocycles. The zero-order valence-corrected chi connectivity index (χ0v) is 17.5. The normalized spacial score (nSPS) is 12.5. The summed E-state index contributed by atoms with van der Waals surface area (Å²) in [6.07, 6.45) is 25.2. The maximum Gasteiger partial charge on any atom is -0.0206 e. The predicted octanol–water partition coefficient (Wildman–Crippen LogP) is 9.24. The Morgan fingerprint density at radius 2 is 0.958 bits per heavy atom. The lowest BCUT2D eigenvalue weighted by Crippen LogP contribution is -2.04. The van der Waals surface area contributed by atoms with E-state index in [1.807, 2.05) is 0 Å². The van der Waals surface area contributed by atoms with E-state index in [9.17, 15) is 0 Å². The van der Waals surface area contributed by atoms with Crippen molar-refractivity contribution in [2.75, 3.05) is 0 Å². The molecule has 24 heavy (non-hydrogen) atoms. The zero-order chi connectivity index (χ0) is 17.9. The van der Waals surface area contributed by atoms with E-state index < -0.39 is 0 Å². The van der Waals surface area contributed by atoms with E-state index in [4.69, 9.17) is 0 Å². The zero-order valence-electron chi connectivity index (χ0n) is 17.5. The number of allylic oxidation sites excluding steroid dienone is 1. The first-order chi connectivity index (χ1) is 11.8. The second-order valence-electron chi connectivity index (χ2n) is 7.93. The summed E-state index contributed by atoms with van der Waals surface area (Å²) < 4.78 is 0. The molecule has 0 nitrogen and oxygen atoms in total. The minimum absolute atomic E-state index is 0.816. The highest BCUT2D eigenvalue weighted by molar-refractivity contribution is 5.00. The third-order valence-electron chi connectivity index (χ3n) is 5.49. The van der Waals surface area contributed by atoms with Crippen molar-refractivity contribution < 1.29 is 0 Å². The van der Waals surface area contributed by atoms with E-state index in [-0.39, 0.29) is 0 Å². The summed E-state index contributed by atoms with van der Waals surface area (Å²) >= 11 is 0. The molecule has 0 radical (unpaired) electrons. The van der Waals surface area contributed by atoms with Crippen LogP contribution in [0.3, 0.4) is 0 Å². The highest BCUT2D eigenvalue weighted by atomic mass is 14.2. The van der Waals surface area contributed by atoms with Gasteiger partial charge >= 0.3 is 0 Å². The Morgan fingerprint density at radius 3 is 1.50 bits per heavy atom. The molecule has 1 unspecified atom stereocenters. The first kappa shape index (κ1) is 23.7. The topological polar surface area (TPSA) is 0 Å². The summed E-state index contributed by atoms with van der Waals surface area (Å²) in [5, 5.41) is 0. The molecule has 0 aromatic heterocycles. The SMILES string of the molecule is C=C(CCCCCCCCCCC)C(CCCC)CCCCCC. The molecule has 0 amide bonds. The minimum Gasteiger partial charge on any atom is -0.0996 e. The largest absolute Gasteiger partial charge is 0.0996 e. The van der Waals surface area contributed by atoms with Gasteiger partial charge in [0.25, 0.3) is 0 Å². The van der Waals surface area contributed by atoms with Crippen molar-refractivity contribution in [1.29, 1.82) is 0 Å². The van der Waals surface area contributed by atoms with Gasteiger partial charge in [-0.2, -0.15) is 0 Å². The molecule has 0 spiro atoms. The van der Waals surface area contributed by atoms with E-state index in [0.717, 1.165) is 5.92 Å². The Kier molecular flexibility index (Phi) is 18.9. The predicted molar refractivity (Wildman–Crippen MR) is 113 cm³/mol. The maximum absolute atomic E-state index is 4.47. The van der Waals surface area contributed by atoms with Gasteiger partial charge in [0, 0.05) is 0 Å². The third-order valence-corrected chi connectivity index (χ3v) is 5.49. The number of unbranched alkanes of at least 4 members (excludes halogenated alkanes) is 12. The van der Waals surface area contributed by atoms with Crippen LogP contribution in [0.2, 0.25) is 0 Å². The molecule has 0 aromatic carbocycles. The van der Waals surface area contributed by atoms with Crippen molar-refractivity contribution in [2.24, 2.45) is 5.92 Å². The van der Waals surface area contributed by atoms with Crippen molar-refractivity contribution in [1.82, 2.24) is 0 Å². The summed E-state index contributed by atoms with van der Waals surface area (Å²) in [4.78, 5) is 0. The van der Waals surface area contributed by atoms with E-state index in [0.29, 0.717) is 0 Å². The summed E-state index contributed by atoms with van der Waals surface area (Å²) in [6, 6.07) is 0. The van der Waals surface area contributed by atoms with Crippen LogP contribution in [0.5, 0.6) is 0 Å². The lowest BCUT2D eigenvalue weighted by atomic mass is 9.86. The second-order valence-corrected chi connectivity index (χ2v) is 7.93. The van der Waals surface area contributed by atoms with Gasteiger partial charge in [0.2, 0.25) is 0 Å². The molecular weight excluding hydrogens is 288 g/mol. The highest BCUT2D eigenvalue weighted by Crippen LogP contribution is 2.27. The van der Waals surface area contributed by atoms with Gasteiger partial charge in [0.05, 0.1) is 0 Å². The van der Waals surface area contributed by atoms with Gasteiger partial charge in [0.1, 0.15) is 0 Å². The number of rotatable bonds is 19. The van der Waals surface area contributed by atoms with Crippen molar-refractivity contribution in [3.05, 3.63) is 12.2 Å². The molecule has 0 aliphatic rings. The van der Waals surface area contributed by atoms with Gasteiger partial charge in [0.15, 0.2) is 0 Å². The van der Waals surface area contributed by atoms with Gasteiger partial charge in [-0.05, 0) is 31.6 Å². The quantitative estimate of drug-likeness (QED) is 0.163. The molecule has 0 rings (SSSR count). The molecule has 0 bridgehead atoms. The maximum atomic E-state index is 4.47. The minimum atomic E-state index is 0.816. The third kappa shape index (κ3) is 15.3. The molecule has 0 fully saturated rings. The summed E-state index contributed by atoms with van der Waals surface area (Å²) in [7, 11) is 0. The van der Waals surface area contributed by atoms with Gasteiger partial charge in [-0.1, -0.05) is 123 Å². The second kappa shape index (κ2) is 19.1. The number of hydrogen-bond donors (Lipinski definition) is 0. The van der Waals surface area contributed by atoms with E-state index >= 15 is 0 Å². The van der Waals surface area contributed by atoms with Crippen molar-refractivity contribution in [3.63, 3.8) is 0 Å². The Hall–Kier alpha value is -0.260. The molecular formula is C24H48. The van der Waals surface area contributed by atoms with Crippen LogP contribution in [-0.2, 0) is 0 Å². The van der Waals surface area contributed by atoms with Crippen LogP contribution >= 0.6 is 0 Å². The fraction of sp³-hybridized carbons (Fsp3) is 0.917. The summed E-state index contributed by atoms with van der Waals surface area (Å²) in [6.45, 7) is 11.4. The van der Waals surface area contributed by atoms with Crippen LogP contribution in [0, 0.1) is 5.92 Å². The Balaban J connectivity index is 3.72. The van der Waals surface area contributed by atoms with Gasteiger partial charge in [-0.3, -0.25) is 0 Å². The molecule has 0 heteroatoms. The van der Waals surface area contributed by atoms with E-state index in [1.54, 1.807) is 5.57 Å². The van der Waals surface area contributed by atoms with Crippen LogP contribution in [-0.4, -0.2) is 0 Å². The van der Waals surface area contributed by atoms with Gasteiger partial charge < -0.3 is 0 Å². The van der Waals surface area contributed by atoms with Crippen LogP contribution in [0.1, 0.15) is 136 Å². The first-order valence-electron chi connectivity index (χ1n) is 11.4. The molecule has 0 N–H and O–H groups in total. The molecule has 0 aliphatic heterocycles. The Bertz CT molecular complexity index is 253. The van der Waals surface area contributed by atoms with Crippen LogP contribution in [0.15, 0.2) is 12.2 Å². The Labute approximate surface area is 154 Å². The van der Waals surface area contributed by atoms with Crippen molar-refractivity contribution in [3.8, 4) is 0 Å². The Morgan fingerprint density at radius 1 is 0.542 bits per heavy atom. The average Bonchev–Trinajstić information content (AvgIpc) is 2.59. The standard InChI is InChI=1S/C24H48/c1-5-8-11-13-14-15-16-17-18-20-23(4)24(21-10-7-3)22-19-12-9-6-2/h24H,4-22H2,1-3H3. The van der Waals surface area contributed by atoms with Crippen LogP contribution < -0.4 is 0 Å². The van der Waals surface area contributed by atoms with Crippen LogP contribution in [0.25, 0.3) is 0 Å². The summed E-state index contributed by atoms with van der Waals surface area (Å²) in [5.74, 6) is 0.816. The molecule has 0 aliphatic carbocycles. The fourth-order valence-electron chi connectivity index (χ4n) is 3.69. The lowest BCUT2D eigenvalue weighted by molar-refractivity contribution is 0.449. The molecule has 0 saturated carbocycles. The average molecular weight is 337 g/mol. The van der Waals surface area contributed by atoms with E-state index in [2.05, 4.69) is 27.4 Å².